The van der Waals surface area contributed by atoms with Crippen LogP contribution in [0.15, 0.2) is 220 Å². The summed E-state index contributed by atoms with van der Waals surface area (Å²) in [5.41, 5.74) is 17.8. The van der Waals surface area contributed by atoms with Gasteiger partial charge in [0, 0.05) is 49.4 Å². The van der Waals surface area contributed by atoms with Gasteiger partial charge < -0.3 is 14.2 Å². The number of para-hydroxylation sites is 3. The van der Waals surface area contributed by atoms with Gasteiger partial charge in [-0.15, -0.1) is 0 Å². The van der Waals surface area contributed by atoms with E-state index >= 15 is 0 Å². The Balaban J connectivity index is 1.21. The molecule has 0 radical (unpaired) electrons. The smallest absolute Gasteiger partial charge is 0.137 e. The first-order valence-electron chi connectivity index (χ1n) is 20.2. The van der Waals surface area contributed by atoms with Crippen molar-refractivity contribution in [1.82, 2.24) is 0 Å². The van der Waals surface area contributed by atoms with E-state index < -0.39 is 5.41 Å². The monoisotopic (exact) mass is 770 g/mol. The number of hydrogen-bond acceptors (Lipinski definition) is 4. The lowest BCUT2D eigenvalue weighted by Gasteiger charge is -2.40. The van der Waals surface area contributed by atoms with Crippen molar-refractivity contribution in [3.63, 3.8) is 0 Å². The Hall–Kier alpha value is -7.27. The highest BCUT2D eigenvalue weighted by atomic mass is 32.2. The minimum atomic E-state index is -0.497. The molecule has 1 unspecified atom stereocenters. The fraction of sp³-hybridized carbons (Fsp3) is 0.0182. The molecule has 3 aliphatic heterocycles. The summed E-state index contributed by atoms with van der Waals surface area (Å²) in [5, 5.41) is 2.17. The quantitative estimate of drug-likeness (QED) is 0.174. The highest BCUT2D eigenvalue weighted by Gasteiger charge is 2.50. The number of benzene rings is 9. The maximum atomic E-state index is 6.67. The van der Waals surface area contributed by atoms with E-state index in [1.54, 1.807) is 0 Å². The van der Waals surface area contributed by atoms with Crippen LogP contribution in [0, 0.1) is 0 Å². The van der Waals surface area contributed by atoms with Crippen LogP contribution in [0.4, 0.5) is 34.1 Å². The Labute approximate surface area is 346 Å². The molecule has 1 aliphatic carbocycles. The Morgan fingerprint density at radius 2 is 0.983 bits per heavy atom. The molecule has 0 fully saturated rings. The average Bonchev–Trinajstić information content (AvgIpc) is 3.80. The third kappa shape index (κ3) is 4.61. The topological polar surface area (TPSA) is 19.6 Å². The summed E-state index contributed by atoms with van der Waals surface area (Å²) < 4.78 is 6.67. The Bertz CT molecular complexity index is 3330. The van der Waals surface area contributed by atoms with E-state index in [0.717, 1.165) is 61.6 Å². The van der Waals surface area contributed by atoms with E-state index in [9.17, 15) is 0 Å². The number of furan rings is 1. The lowest BCUT2D eigenvalue weighted by molar-refractivity contribution is 0.669. The maximum absolute atomic E-state index is 6.67. The van der Waals surface area contributed by atoms with Crippen molar-refractivity contribution in [2.24, 2.45) is 0 Å². The predicted octanol–water partition coefficient (Wildman–Crippen LogP) is 15.3. The Kier molecular flexibility index (Phi) is 6.87. The Morgan fingerprint density at radius 3 is 1.81 bits per heavy atom. The summed E-state index contributed by atoms with van der Waals surface area (Å²) in [7, 11) is 0. The fourth-order valence-corrected chi connectivity index (χ4v) is 11.4. The SMILES string of the molecule is c1ccc(N2c3cccc(c3)-c3ccc4c(c3)C3(c5ccccc5Sc5cc(ccc53)N(c3ccccc3)c3cc5c(cc32)oc2ccccc25)c2ccccc2-4)cc1. The highest BCUT2D eigenvalue weighted by Crippen LogP contribution is 2.63. The molecule has 0 saturated carbocycles. The van der Waals surface area contributed by atoms with Gasteiger partial charge in [0.25, 0.3) is 0 Å². The summed E-state index contributed by atoms with van der Waals surface area (Å²) >= 11 is 1.88. The summed E-state index contributed by atoms with van der Waals surface area (Å²) in [6.07, 6.45) is 0. The molecule has 10 aromatic rings. The molecule has 1 aromatic heterocycles. The van der Waals surface area contributed by atoms with Gasteiger partial charge in [-0.05, 0) is 117 Å². The molecule has 0 amide bonds. The normalized spacial score (nSPS) is 15.7. The van der Waals surface area contributed by atoms with E-state index in [1.165, 1.54) is 48.7 Å². The van der Waals surface area contributed by atoms with Crippen LogP contribution >= 0.6 is 11.8 Å². The third-order valence-electron chi connectivity index (χ3n) is 12.6. The van der Waals surface area contributed by atoms with Crippen LogP contribution in [0.25, 0.3) is 44.2 Å². The minimum Gasteiger partial charge on any atom is -0.456 e. The molecule has 0 saturated heterocycles. The van der Waals surface area contributed by atoms with Crippen molar-refractivity contribution >= 4 is 67.8 Å². The molecule has 0 N–H and O–H groups in total. The number of nitrogens with zero attached hydrogens (tertiary/aromatic N) is 2. The number of hydrogen-bond donors (Lipinski definition) is 0. The fourth-order valence-electron chi connectivity index (χ4n) is 10.2. The first-order valence-corrected chi connectivity index (χ1v) is 21.0. The zero-order chi connectivity index (χ0) is 38.7. The second-order valence-corrected chi connectivity index (χ2v) is 16.7. The summed E-state index contributed by atoms with van der Waals surface area (Å²) in [6, 6.07) is 76.0. The van der Waals surface area contributed by atoms with Crippen LogP contribution < -0.4 is 9.80 Å². The second kappa shape index (κ2) is 12.4. The van der Waals surface area contributed by atoms with E-state index in [-0.39, 0.29) is 0 Å². The molecule has 8 bridgehead atoms. The second-order valence-electron chi connectivity index (χ2n) is 15.7. The van der Waals surface area contributed by atoms with E-state index in [0.29, 0.717) is 0 Å². The molecule has 1 atom stereocenters. The minimum absolute atomic E-state index is 0.497. The van der Waals surface area contributed by atoms with Gasteiger partial charge in [0.05, 0.1) is 16.8 Å². The highest BCUT2D eigenvalue weighted by molar-refractivity contribution is 7.99. The third-order valence-corrected chi connectivity index (χ3v) is 13.7. The first-order chi connectivity index (χ1) is 29.2. The molecule has 4 heteroatoms. The van der Waals surface area contributed by atoms with E-state index in [1.807, 2.05) is 17.8 Å². The van der Waals surface area contributed by atoms with Crippen molar-refractivity contribution < 1.29 is 4.42 Å². The molecule has 14 rings (SSSR count). The summed E-state index contributed by atoms with van der Waals surface area (Å²) in [6.45, 7) is 0. The van der Waals surface area contributed by atoms with Gasteiger partial charge in [-0.3, -0.25) is 0 Å². The predicted molar refractivity (Wildman–Crippen MR) is 244 cm³/mol. The molecule has 1 spiro atoms. The lowest BCUT2D eigenvalue weighted by atomic mass is 9.67. The molecular weight excluding hydrogens is 737 g/mol. The van der Waals surface area contributed by atoms with Gasteiger partial charge in [-0.2, -0.15) is 0 Å². The van der Waals surface area contributed by atoms with Crippen LogP contribution in [0.1, 0.15) is 22.3 Å². The summed E-state index contributed by atoms with van der Waals surface area (Å²) in [4.78, 5) is 7.37. The molecule has 3 nitrogen and oxygen atoms in total. The first kappa shape index (κ1) is 32.8. The van der Waals surface area contributed by atoms with Crippen LogP contribution in [-0.4, -0.2) is 0 Å². The molecule has 9 aromatic carbocycles. The van der Waals surface area contributed by atoms with Gasteiger partial charge >= 0.3 is 0 Å². The van der Waals surface area contributed by atoms with Crippen LogP contribution in [0.3, 0.4) is 0 Å². The zero-order valence-electron chi connectivity index (χ0n) is 31.8. The largest absolute Gasteiger partial charge is 0.456 e. The molecule has 4 heterocycles. The number of anilines is 6. The van der Waals surface area contributed by atoms with Gasteiger partial charge in [-0.1, -0.05) is 139 Å². The Morgan fingerprint density at radius 1 is 0.356 bits per heavy atom. The van der Waals surface area contributed by atoms with Crippen molar-refractivity contribution in [1.29, 1.82) is 0 Å². The van der Waals surface area contributed by atoms with Gasteiger partial charge in [0.15, 0.2) is 0 Å². The van der Waals surface area contributed by atoms with Crippen molar-refractivity contribution in [3.05, 3.63) is 229 Å². The number of fused-ring (bicyclic) bond motifs is 7. The molecule has 59 heavy (non-hydrogen) atoms. The lowest BCUT2D eigenvalue weighted by Crippen LogP contribution is -2.32. The zero-order valence-corrected chi connectivity index (χ0v) is 32.7. The van der Waals surface area contributed by atoms with E-state index in [2.05, 4.69) is 210 Å². The standard InChI is InChI=1S/C55H34N2OS/c1-3-15-37(16-4-1)56-39-19-13-14-35(30-39)36-26-28-42-41-20-7-9-22-45(41)55(48(42)31-36)46-23-10-12-25-53(46)59-54-32-40(27-29-47(54)55)57(38-17-5-2-6-18-38)49-33-44-43-21-8-11-24-51(43)58-52(44)34-50(49)56/h1-34H. The summed E-state index contributed by atoms with van der Waals surface area (Å²) in [5.74, 6) is 0. The van der Waals surface area contributed by atoms with E-state index in [4.69, 9.17) is 4.42 Å². The van der Waals surface area contributed by atoms with Gasteiger partial charge in [-0.25, -0.2) is 0 Å². The van der Waals surface area contributed by atoms with Crippen molar-refractivity contribution in [2.75, 3.05) is 9.80 Å². The van der Waals surface area contributed by atoms with Crippen LogP contribution in [0.5, 0.6) is 0 Å². The van der Waals surface area contributed by atoms with Crippen molar-refractivity contribution in [2.45, 2.75) is 15.2 Å². The van der Waals surface area contributed by atoms with Gasteiger partial charge in [0.1, 0.15) is 11.2 Å². The van der Waals surface area contributed by atoms with Crippen molar-refractivity contribution in [3.8, 4) is 22.3 Å². The molecule has 276 valence electrons. The van der Waals surface area contributed by atoms with Gasteiger partial charge in [0.2, 0.25) is 0 Å². The van der Waals surface area contributed by atoms with Crippen LogP contribution in [-0.2, 0) is 5.41 Å². The molecular formula is C55H34N2OS. The number of rotatable bonds is 2. The van der Waals surface area contributed by atoms with Crippen LogP contribution in [0.2, 0.25) is 0 Å². The molecule has 4 aliphatic rings. The average molecular weight is 771 g/mol. The maximum Gasteiger partial charge on any atom is 0.137 e.